The van der Waals surface area contributed by atoms with E-state index in [4.69, 9.17) is 0 Å². The molecule has 100 valence electrons. The minimum absolute atomic E-state index is 0.0709. The third kappa shape index (κ3) is 2.57. The Kier molecular flexibility index (Phi) is 3.73. The van der Waals surface area contributed by atoms with E-state index in [1.54, 1.807) is 0 Å². The van der Waals surface area contributed by atoms with Crippen molar-refractivity contribution in [1.82, 2.24) is 5.32 Å². The SMILES string of the molecule is CC1CCCC(NC(=O)C2CC=CC2)(C(=O)O)C1. The number of rotatable bonds is 3. The van der Waals surface area contributed by atoms with Gasteiger partial charge in [0, 0.05) is 5.92 Å². The Morgan fingerprint density at radius 3 is 2.56 bits per heavy atom. The van der Waals surface area contributed by atoms with E-state index in [1.165, 1.54) is 0 Å². The van der Waals surface area contributed by atoms with Gasteiger partial charge in [-0.15, -0.1) is 0 Å². The Hall–Kier alpha value is -1.32. The molecule has 0 bridgehead atoms. The van der Waals surface area contributed by atoms with Gasteiger partial charge in [-0.25, -0.2) is 4.79 Å². The number of carbonyl (C=O) groups excluding carboxylic acids is 1. The van der Waals surface area contributed by atoms with E-state index < -0.39 is 11.5 Å². The average Bonchev–Trinajstić information content (AvgIpc) is 2.82. The molecule has 18 heavy (non-hydrogen) atoms. The van der Waals surface area contributed by atoms with Crippen LogP contribution in [0.3, 0.4) is 0 Å². The summed E-state index contributed by atoms with van der Waals surface area (Å²) in [7, 11) is 0. The van der Waals surface area contributed by atoms with Crippen molar-refractivity contribution in [2.45, 2.75) is 51.0 Å². The molecule has 0 spiro atoms. The molecule has 2 unspecified atom stereocenters. The molecule has 0 heterocycles. The number of allylic oxidation sites excluding steroid dienone is 2. The molecule has 0 aliphatic heterocycles. The zero-order valence-electron chi connectivity index (χ0n) is 10.8. The summed E-state index contributed by atoms with van der Waals surface area (Å²) >= 11 is 0. The Morgan fingerprint density at radius 1 is 1.33 bits per heavy atom. The topological polar surface area (TPSA) is 66.4 Å². The number of carboxylic acids is 1. The van der Waals surface area contributed by atoms with Gasteiger partial charge in [0.1, 0.15) is 5.54 Å². The maximum atomic E-state index is 12.1. The number of hydrogen-bond acceptors (Lipinski definition) is 2. The van der Waals surface area contributed by atoms with Crippen molar-refractivity contribution in [1.29, 1.82) is 0 Å². The molecule has 2 aliphatic carbocycles. The minimum atomic E-state index is -1.03. The van der Waals surface area contributed by atoms with Crippen molar-refractivity contribution in [3.8, 4) is 0 Å². The summed E-state index contributed by atoms with van der Waals surface area (Å²) < 4.78 is 0. The summed E-state index contributed by atoms with van der Waals surface area (Å²) in [5.74, 6) is -0.694. The van der Waals surface area contributed by atoms with Gasteiger partial charge in [0.05, 0.1) is 0 Å². The van der Waals surface area contributed by atoms with Gasteiger partial charge < -0.3 is 10.4 Å². The molecule has 0 radical (unpaired) electrons. The monoisotopic (exact) mass is 251 g/mol. The molecular formula is C14H21NO3. The molecule has 4 heteroatoms. The van der Waals surface area contributed by atoms with Gasteiger partial charge in [-0.1, -0.05) is 31.9 Å². The quantitative estimate of drug-likeness (QED) is 0.755. The molecule has 0 aromatic carbocycles. The van der Waals surface area contributed by atoms with Gasteiger partial charge in [0.2, 0.25) is 5.91 Å². The summed E-state index contributed by atoms with van der Waals surface area (Å²) in [6.07, 6.45) is 8.47. The van der Waals surface area contributed by atoms with Gasteiger partial charge in [0.25, 0.3) is 0 Å². The molecule has 1 saturated carbocycles. The zero-order valence-corrected chi connectivity index (χ0v) is 10.8. The number of nitrogens with one attached hydrogen (secondary N) is 1. The van der Waals surface area contributed by atoms with Crippen LogP contribution in [0.4, 0.5) is 0 Å². The van der Waals surface area contributed by atoms with Crippen molar-refractivity contribution >= 4 is 11.9 Å². The largest absolute Gasteiger partial charge is 0.480 e. The molecule has 2 rings (SSSR count). The van der Waals surface area contributed by atoms with Crippen molar-refractivity contribution < 1.29 is 14.7 Å². The first-order valence-electron chi connectivity index (χ1n) is 6.74. The summed E-state index contributed by atoms with van der Waals surface area (Å²) in [5, 5.41) is 12.3. The Labute approximate surface area is 107 Å². The third-order valence-corrected chi connectivity index (χ3v) is 4.15. The average molecular weight is 251 g/mol. The fourth-order valence-electron chi connectivity index (χ4n) is 3.08. The van der Waals surface area contributed by atoms with Crippen LogP contribution < -0.4 is 5.32 Å². The van der Waals surface area contributed by atoms with Gasteiger partial charge in [-0.2, -0.15) is 0 Å². The lowest BCUT2D eigenvalue weighted by atomic mass is 9.76. The van der Waals surface area contributed by atoms with Crippen molar-refractivity contribution in [2.24, 2.45) is 11.8 Å². The second-order valence-corrected chi connectivity index (χ2v) is 5.72. The Bertz CT molecular complexity index is 369. The van der Waals surface area contributed by atoms with E-state index in [1.807, 2.05) is 12.2 Å². The van der Waals surface area contributed by atoms with E-state index in [0.717, 1.165) is 25.7 Å². The van der Waals surface area contributed by atoms with Gasteiger partial charge >= 0.3 is 5.97 Å². The molecule has 0 aromatic heterocycles. The number of carbonyl (C=O) groups is 2. The normalized spacial score (nSPS) is 32.4. The minimum Gasteiger partial charge on any atom is -0.480 e. The highest BCUT2D eigenvalue weighted by Crippen LogP contribution is 2.33. The van der Waals surface area contributed by atoms with Crippen LogP contribution in [0.1, 0.15) is 45.4 Å². The first kappa shape index (κ1) is 13.1. The fraction of sp³-hybridized carbons (Fsp3) is 0.714. The lowest BCUT2D eigenvalue weighted by molar-refractivity contribution is -0.150. The number of hydrogen-bond donors (Lipinski definition) is 2. The zero-order chi connectivity index (χ0) is 13.2. The molecule has 2 atom stereocenters. The van der Waals surface area contributed by atoms with Gasteiger partial charge in [0.15, 0.2) is 0 Å². The lowest BCUT2D eigenvalue weighted by Gasteiger charge is -2.37. The highest BCUT2D eigenvalue weighted by atomic mass is 16.4. The summed E-state index contributed by atoms with van der Waals surface area (Å²) in [4.78, 5) is 23.7. The number of carboxylic acid groups (broad SMARTS) is 1. The predicted molar refractivity (Wildman–Crippen MR) is 68.0 cm³/mol. The van der Waals surface area contributed by atoms with E-state index in [9.17, 15) is 14.7 Å². The first-order chi connectivity index (χ1) is 8.53. The van der Waals surface area contributed by atoms with Gasteiger partial charge in [-0.3, -0.25) is 4.79 Å². The van der Waals surface area contributed by atoms with Crippen molar-refractivity contribution in [2.75, 3.05) is 0 Å². The molecule has 0 aromatic rings. The van der Waals surface area contributed by atoms with Crippen molar-refractivity contribution in [3.63, 3.8) is 0 Å². The van der Waals surface area contributed by atoms with Crippen LogP contribution in [-0.2, 0) is 9.59 Å². The van der Waals surface area contributed by atoms with Crippen LogP contribution in [0.5, 0.6) is 0 Å². The molecular weight excluding hydrogens is 230 g/mol. The molecule has 4 nitrogen and oxygen atoms in total. The highest BCUT2D eigenvalue weighted by molar-refractivity contribution is 5.88. The molecule has 2 N–H and O–H groups in total. The van der Waals surface area contributed by atoms with E-state index >= 15 is 0 Å². The summed E-state index contributed by atoms with van der Waals surface area (Å²) in [5.41, 5.74) is -1.03. The van der Waals surface area contributed by atoms with Crippen LogP contribution in [0, 0.1) is 11.8 Å². The van der Waals surface area contributed by atoms with E-state index in [-0.39, 0.29) is 11.8 Å². The van der Waals surface area contributed by atoms with Gasteiger partial charge in [-0.05, 0) is 31.6 Å². The molecule has 2 aliphatic rings. The number of aliphatic carboxylic acids is 1. The summed E-state index contributed by atoms with van der Waals surface area (Å²) in [6, 6.07) is 0. The van der Waals surface area contributed by atoms with Crippen LogP contribution in [0.2, 0.25) is 0 Å². The summed E-state index contributed by atoms with van der Waals surface area (Å²) in [6.45, 7) is 2.06. The standard InChI is InChI=1S/C14H21NO3/c1-10-5-4-8-14(9-10,13(17)18)15-12(16)11-6-2-3-7-11/h2-3,10-11H,4-9H2,1H3,(H,15,16)(H,17,18). The molecule has 1 fully saturated rings. The number of amides is 1. The lowest BCUT2D eigenvalue weighted by Crippen LogP contribution is -2.57. The fourth-order valence-corrected chi connectivity index (χ4v) is 3.08. The molecule has 1 amide bonds. The van der Waals surface area contributed by atoms with E-state index in [2.05, 4.69) is 12.2 Å². The second-order valence-electron chi connectivity index (χ2n) is 5.72. The van der Waals surface area contributed by atoms with Crippen LogP contribution >= 0.6 is 0 Å². The second kappa shape index (κ2) is 5.12. The molecule has 0 saturated heterocycles. The predicted octanol–water partition coefficient (Wildman–Crippen LogP) is 2.10. The van der Waals surface area contributed by atoms with Crippen LogP contribution in [0.25, 0.3) is 0 Å². The van der Waals surface area contributed by atoms with E-state index in [0.29, 0.717) is 18.8 Å². The Morgan fingerprint density at radius 2 is 2.00 bits per heavy atom. The van der Waals surface area contributed by atoms with Crippen LogP contribution in [-0.4, -0.2) is 22.5 Å². The maximum absolute atomic E-state index is 12.1. The highest BCUT2D eigenvalue weighted by Gasteiger charge is 2.44. The van der Waals surface area contributed by atoms with Crippen molar-refractivity contribution in [3.05, 3.63) is 12.2 Å². The smallest absolute Gasteiger partial charge is 0.329 e. The first-order valence-corrected chi connectivity index (χ1v) is 6.74. The maximum Gasteiger partial charge on any atom is 0.329 e. The van der Waals surface area contributed by atoms with Crippen LogP contribution in [0.15, 0.2) is 12.2 Å². The third-order valence-electron chi connectivity index (χ3n) is 4.15. The Balaban J connectivity index is 2.06.